The highest BCUT2D eigenvalue weighted by Crippen LogP contribution is 2.17. The first kappa shape index (κ1) is 19.6. The van der Waals surface area contributed by atoms with Crippen LogP contribution in [0, 0.1) is 0 Å². The van der Waals surface area contributed by atoms with E-state index in [0.29, 0.717) is 11.3 Å². The number of methoxy groups -OCH3 is 1. The van der Waals surface area contributed by atoms with Gasteiger partial charge in [0.05, 0.1) is 11.5 Å². The fourth-order valence-corrected chi connectivity index (χ4v) is 3.79. The summed E-state index contributed by atoms with van der Waals surface area (Å²) >= 11 is 3.32. The van der Waals surface area contributed by atoms with Gasteiger partial charge in [0.25, 0.3) is 5.91 Å². The maximum atomic E-state index is 12.3. The van der Waals surface area contributed by atoms with Gasteiger partial charge < -0.3 is 10.1 Å². The molecule has 0 saturated carbocycles. The molecule has 1 atom stereocenters. The molecule has 1 amide bonds. The summed E-state index contributed by atoms with van der Waals surface area (Å²) in [5.41, 5.74) is 1.01. The molecule has 0 radical (unpaired) electrons. The molecule has 0 aromatic heterocycles. The van der Waals surface area contributed by atoms with Crippen molar-refractivity contribution in [2.45, 2.75) is 17.9 Å². The SMILES string of the molecule is COCC(C)NS(=O)(=O)c1ccc(NC(=O)c2cccc(Br)c2)cc1. The zero-order valence-electron chi connectivity index (χ0n) is 13.8. The fraction of sp³-hybridized carbons (Fsp3) is 0.235. The van der Waals surface area contributed by atoms with E-state index in [0.717, 1.165) is 4.47 Å². The summed E-state index contributed by atoms with van der Waals surface area (Å²) in [7, 11) is -2.13. The number of amides is 1. The number of nitrogens with one attached hydrogen (secondary N) is 2. The first-order chi connectivity index (χ1) is 11.8. The van der Waals surface area contributed by atoms with Crippen molar-refractivity contribution in [2.24, 2.45) is 0 Å². The predicted molar refractivity (Wildman–Crippen MR) is 100 cm³/mol. The molecule has 0 saturated heterocycles. The Kier molecular flexibility index (Phi) is 6.71. The molecule has 2 rings (SSSR count). The van der Waals surface area contributed by atoms with Gasteiger partial charge >= 0.3 is 0 Å². The Morgan fingerprint density at radius 3 is 2.48 bits per heavy atom. The van der Waals surface area contributed by atoms with Gasteiger partial charge in [-0.1, -0.05) is 22.0 Å². The van der Waals surface area contributed by atoms with Gasteiger partial charge in [0.2, 0.25) is 10.0 Å². The smallest absolute Gasteiger partial charge is 0.255 e. The van der Waals surface area contributed by atoms with Crippen LogP contribution < -0.4 is 10.0 Å². The molecule has 0 heterocycles. The van der Waals surface area contributed by atoms with Crippen molar-refractivity contribution < 1.29 is 17.9 Å². The topological polar surface area (TPSA) is 84.5 Å². The quantitative estimate of drug-likeness (QED) is 0.712. The molecule has 0 bridgehead atoms. The van der Waals surface area contributed by atoms with Crippen molar-refractivity contribution in [3.8, 4) is 0 Å². The number of benzene rings is 2. The third-order valence-corrected chi connectivity index (χ3v) is 5.38. The standard InChI is InChI=1S/C17H19BrN2O4S/c1-12(11-24-2)20-25(22,23)16-8-6-15(7-9-16)19-17(21)13-4-3-5-14(18)10-13/h3-10,12,20H,11H2,1-2H3,(H,19,21). The largest absolute Gasteiger partial charge is 0.383 e. The number of hydrogen-bond acceptors (Lipinski definition) is 4. The molecule has 0 aliphatic rings. The zero-order chi connectivity index (χ0) is 18.4. The van der Waals surface area contributed by atoms with E-state index in [9.17, 15) is 13.2 Å². The van der Waals surface area contributed by atoms with E-state index in [-0.39, 0.29) is 23.5 Å². The van der Waals surface area contributed by atoms with Crippen molar-refractivity contribution in [1.29, 1.82) is 0 Å². The van der Waals surface area contributed by atoms with E-state index >= 15 is 0 Å². The van der Waals surface area contributed by atoms with E-state index in [1.165, 1.54) is 19.2 Å². The number of anilines is 1. The van der Waals surface area contributed by atoms with Crippen LogP contribution in [0.15, 0.2) is 57.9 Å². The summed E-state index contributed by atoms with van der Waals surface area (Å²) in [5, 5.41) is 2.73. The Balaban J connectivity index is 2.08. The van der Waals surface area contributed by atoms with Crippen molar-refractivity contribution in [2.75, 3.05) is 19.0 Å². The lowest BCUT2D eigenvalue weighted by molar-refractivity contribution is 0.102. The average molecular weight is 427 g/mol. The van der Waals surface area contributed by atoms with Crippen LogP contribution >= 0.6 is 15.9 Å². The first-order valence-electron chi connectivity index (χ1n) is 7.50. The summed E-state index contributed by atoms with van der Waals surface area (Å²) in [4.78, 5) is 12.3. The number of rotatable bonds is 7. The molecule has 0 aliphatic heterocycles. The lowest BCUT2D eigenvalue weighted by Gasteiger charge is -2.13. The van der Waals surface area contributed by atoms with Gasteiger partial charge in [-0.05, 0) is 49.4 Å². The fourth-order valence-electron chi connectivity index (χ4n) is 2.17. The number of carbonyl (C=O) groups is 1. The minimum absolute atomic E-state index is 0.121. The van der Waals surface area contributed by atoms with Gasteiger partial charge in [0.15, 0.2) is 0 Å². The minimum Gasteiger partial charge on any atom is -0.383 e. The normalized spacial score (nSPS) is 12.6. The van der Waals surface area contributed by atoms with E-state index in [1.54, 1.807) is 37.3 Å². The Labute approximate surface area is 155 Å². The maximum absolute atomic E-state index is 12.3. The zero-order valence-corrected chi connectivity index (χ0v) is 16.2. The lowest BCUT2D eigenvalue weighted by Crippen LogP contribution is -2.35. The van der Waals surface area contributed by atoms with E-state index < -0.39 is 10.0 Å². The lowest BCUT2D eigenvalue weighted by atomic mass is 10.2. The molecule has 8 heteroatoms. The highest BCUT2D eigenvalue weighted by atomic mass is 79.9. The van der Waals surface area contributed by atoms with Crippen molar-refractivity contribution >= 4 is 37.5 Å². The highest BCUT2D eigenvalue weighted by molar-refractivity contribution is 9.10. The molecule has 2 aromatic carbocycles. The second kappa shape index (κ2) is 8.57. The summed E-state index contributed by atoms with van der Waals surface area (Å²) in [6, 6.07) is 12.6. The molecule has 2 aromatic rings. The Morgan fingerprint density at radius 1 is 1.20 bits per heavy atom. The molecule has 0 spiro atoms. The molecule has 25 heavy (non-hydrogen) atoms. The number of ether oxygens (including phenoxy) is 1. The van der Waals surface area contributed by atoms with Gasteiger partial charge in [-0.2, -0.15) is 0 Å². The minimum atomic E-state index is -3.63. The predicted octanol–water partition coefficient (Wildman–Crippen LogP) is 3.01. The Bertz CT molecular complexity index is 838. The van der Waals surface area contributed by atoms with Gasteiger partial charge in [0.1, 0.15) is 0 Å². The van der Waals surface area contributed by atoms with Crippen LogP contribution in [0.4, 0.5) is 5.69 Å². The van der Waals surface area contributed by atoms with Crippen LogP contribution in [-0.2, 0) is 14.8 Å². The van der Waals surface area contributed by atoms with E-state index in [2.05, 4.69) is 26.0 Å². The van der Waals surface area contributed by atoms with Crippen LogP contribution in [0.5, 0.6) is 0 Å². The highest BCUT2D eigenvalue weighted by Gasteiger charge is 2.17. The average Bonchev–Trinajstić information content (AvgIpc) is 2.55. The number of halogens is 1. The Hall–Kier alpha value is -1.74. The molecule has 134 valence electrons. The molecule has 0 fully saturated rings. The number of hydrogen-bond donors (Lipinski definition) is 2. The van der Waals surface area contributed by atoms with Crippen LogP contribution in [0.3, 0.4) is 0 Å². The summed E-state index contributed by atoms with van der Waals surface area (Å²) in [5.74, 6) is -0.274. The van der Waals surface area contributed by atoms with Crippen LogP contribution in [0.1, 0.15) is 17.3 Å². The van der Waals surface area contributed by atoms with Gasteiger partial charge in [-0.15, -0.1) is 0 Å². The molecular weight excluding hydrogens is 408 g/mol. The van der Waals surface area contributed by atoms with Gasteiger partial charge in [-0.25, -0.2) is 13.1 Å². The third-order valence-electron chi connectivity index (χ3n) is 3.28. The monoisotopic (exact) mass is 426 g/mol. The first-order valence-corrected chi connectivity index (χ1v) is 9.77. The van der Waals surface area contributed by atoms with Crippen LogP contribution in [0.25, 0.3) is 0 Å². The molecular formula is C17H19BrN2O4S. The second-order valence-electron chi connectivity index (χ2n) is 5.47. The number of carbonyl (C=O) groups excluding carboxylic acids is 1. The molecule has 0 aliphatic carbocycles. The van der Waals surface area contributed by atoms with Crippen molar-refractivity contribution in [3.63, 3.8) is 0 Å². The number of sulfonamides is 1. The maximum Gasteiger partial charge on any atom is 0.255 e. The van der Waals surface area contributed by atoms with E-state index in [4.69, 9.17) is 4.74 Å². The Morgan fingerprint density at radius 2 is 1.88 bits per heavy atom. The molecule has 1 unspecified atom stereocenters. The second-order valence-corrected chi connectivity index (χ2v) is 8.10. The third kappa shape index (κ3) is 5.64. The molecule has 2 N–H and O–H groups in total. The molecule has 6 nitrogen and oxygen atoms in total. The van der Waals surface area contributed by atoms with Crippen LogP contribution in [-0.4, -0.2) is 34.1 Å². The summed E-state index contributed by atoms with van der Waals surface area (Å²) in [6.45, 7) is 1.99. The van der Waals surface area contributed by atoms with Crippen molar-refractivity contribution in [3.05, 3.63) is 58.6 Å². The summed E-state index contributed by atoms with van der Waals surface area (Å²) in [6.07, 6.45) is 0. The van der Waals surface area contributed by atoms with Gasteiger partial charge in [-0.3, -0.25) is 4.79 Å². The van der Waals surface area contributed by atoms with Gasteiger partial charge in [0, 0.05) is 28.9 Å². The van der Waals surface area contributed by atoms with E-state index in [1.807, 2.05) is 6.07 Å². The van der Waals surface area contributed by atoms with Crippen LogP contribution in [0.2, 0.25) is 0 Å². The van der Waals surface area contributed by atoms with Crippen molar-refractivity contribution in [1.82, 2.24) is 4.72 Å². The summed E-state index contributed by atoms with van der Waals surface area (Å²) < 4.78 is 32.7.